The highest BCUT2D eigenvalue weighted by atomic mass is 35.5. The number of methoxy groups -OCH3 is 2. The number of carbonyl (C=O) groups excluding carboxylic acids is 4. The van der Waals surface area contributed by atoms with Gasteiger partial charge in [0.1, 0.15) is 57.7 Å². The van der Waals surface area contributed by atoms with Gasteiger partial charge in [0, 0.05) is 56.0 Å². The first-order valence-corrected chi connectivity index (χ1v) is 44.4. The van der Waals surface area contributed by atoms with Crippen molar-refractivity contribution in [2.24, 2.45) is 0 Å². The molecule has 0 bridgehead atoms. The van der Waals surface area contributed by atoms with E-state index in [0.29, 0.717) is 71.6 Å². The second kappa shape index (κ2) is 40.3. The average Bonchev–Trinajstić information content (AvgIpc) is 0.944. The summed E-state index contributed by atoms with van der Waals surface area (Å²) in [6.45, 7) is 10.7. The Labute approximate surface area is 741 Å². The molecule has 0 aliphatic heterocycles. The number of halogens is 9. The molecule has 0 spiro atoms. The fraction of sp³-hybridized carbons (Fsp3) is 0.107. The molecule has 0 aliphatic rings. The van der Waals surface area contributed by atoms with Gasteiger partial charge >= 0.3 is 0 Å². The minimum atomic E-state index is -4.12. The second-order valence-corrected chi connectivity index (χ2v) is 36.0. The van der Waals surface area contributed by atoms with Gasteiger partial charge in [-0.15, -0.1) is 0 Å². The molecule has 5 aromatic heterocycles. The number of pyridine rings is 4. The normalized spacial score (nSPS) is 11.3. The van der Waals surface area contributed by atoms with Crippen molar-refractivity contribution in [2.45, 2.75) is 61.1 Å². The van der Waals surface area contributed by atoms with Gasteiger partial charge in [-0.2, -0.15) is 0 Å². The number of benzene rings is 8. The van der Waals surface area contributed by atoms with E-state index in [9.17, 15) is 57.2 Å². The Hall–Kier alpha value is -11.1. The van der Waals surface area contributed by atoms with Crippen LogP contribution in [0.2, 0.25) is 40.2 Å². The van der Waals surface area contributed by atoms with Gasteiger partial charge in [-0.3, -0.25) is 38.1 Å². The molecule has 4 N–H and O–H groups in total. The molecule has 630 valence electrons. The van der Waals surface area contributed by atoms with Gasteiger partial charge in [0.25, 0.3) is 40.1 Å². The molecule has 38 heteroatoms. The molecule has 25 nitrogen and oxygen atoms in total. The summed E-state index contributed by atoms with van der Waals surface area (Å²) in [7, 11) is -13.5. The summed E-state index contributed by atoms with van der Waals surface area (Å²) >= 11 is 48.0. The monoisotopic (exact) mass is 1880 g/mol. The highest BCUT2D eigenvalue weighted by Gasteiger charge is 2.31. The zero-order chi connectivity index (χ0) is 88.9. The molecule has 13 aromatic rings. The third-order valence-electron chi connectivity index (χ3n) is 17.4. The Bertz CT molecular complexity index is 6530. The van der Waals surface area contributed by atoms with Crippen LogP contribution in [-0.2, 0) is 40.1 Å². The van der Waals surface area contributed by atoms with Crippen LogP contribution in [0, 0.1) is 40.4 Å². The van der Waals surface area contributed by atoms with Gasteiger partial charge in [-0.05, 0) is 203 Å². The fourth-order valence-electron chi connectivity index (χ4n) is 11.4. The molecule has 8 aromatic carbocycles. The fourth-order valence-corrected chi connectivity index (χ4v) is 17.1. The number of carbonyl (C=O) groups is 4. The molecular formula is C84H66Cl8FN9O16S4. The second-order valence-electron chi connectivity index (χ2n) is 25.9. The molecule has 0 unspecified atom stereocenters. The summed E-state index contributed by atoms with van der Waals surface area (Å²) in [6, 6.07) is 44.7. The SMILES string of the molecule is CCOc1ccccc1C(=O)c1ncc(Cl)cc1NS(=O)(=O)c1ccc(Cl)c(C)c1.COc1cccc(C)c1C(=O)c1ncc(Cl)cc1NS(=O)(=O)c1ccc(Cl)c(C)c1.COc1cccc(F)c1C(=O)c1ncc(Cl)cc1NS(=O)(=O)c1ccc(Cl)c(C)c1.Cc1cc(S(=O)(=O)Nc2cc(Cl)cnc2C(=O)c2ccccc2-c2ncco2)ccc1Cl. The van der Waals surface area contributed by atoms with Gasteiger partial charge in [0.05, 0.1) is 101 Å². The lowest BCUT2D eigenvalue weighted by Crippen LogP contribution is -2.18. The molecule has 13 rings (SSSR count). The number of nitrogens with zero attached hydrogens (tertiary/aromatic N) is 5. The van der Waals surface area contributed by atoms with Crippen molar-refractivity contribution in [1.82, 2.24) is 24.9 Å². The number of rotatable bonds is 25. The minimum Gasteiger partial charge on any atom is -0.496 e. The molecule has 5 heterocycles. The first kappa shape index (κ1) is 93.2. The number of hydrogen-bond acceptors (Lipinski definition) is 21. The third kappa shape index (κ3) is 22.6. The first-order valence-electron chi connectivity index (χ1n) is 35.4. The Kier molecular flexibility index (Phi) is 30.8. The molecule has 0 atom stereocenters. The van der Waals surface area contributed by atoms with E-state index in [-0.39, 0.29) is 119 Å². The average molecular weight is 1890 g/mol. The maximum absolute atomic E-state index is 14.4. The number of ether oxygens (including phenoxy) is 3. The number of sulfonamides is 4. The Balaban J connectivity index is 0.000000171. The lowest BCUT2D eigenvalue weighted by molar-refractivity contribution is 0.102. The first-order chi connectivity index (χ1) is 57.8. The predicted molar refractivity (Wildman–Crippen MR) is 469 cm³/mol. The molecule has 0 saturated carbocycles. The van der Waals surface area contributed by atoms with Crippen LogP contribution in [0.5, 0.6) is 17.2 Å². The van der Waals surface area contributed by atoms with E-state index in [0.717, 1.165) is 12.3 Å². The minimum absolute atomic E-state index is 0.00232. The summed E-state index contributed by atoms with van der Waals surface area (Å²) in [5.41, 5.74) is 2.89. The maximum Gasteiger partial charge on any atom is 0.261 e. The number of ketones is 4. The van der Waals surface area contributed by atoms with Crippen molar-refractivity contribution in [2.75, 3.05) is 39.7 Å². The predicted octanol–water partition coefficient (Wildman–Crippen LogP) is 20.4. The summed E-state index contributed by atoms with van der Waals surface area (Å²) in [4.78, 5) is 73.0. The zero-order valence-electron chi connectivity index (χ0n) is 64.8. The van der Waals surface area contributed by atoms with E-state index in [2.05, 4.69) is 43.8 Å². The van der Waals surface area contributed by atoms with E-state index in [1.165, 1.54) is 154 Å². The maximum atomic E-state index is 14.4. The standard InChI is InChI=1S/C22H15Cl2N3O4S.2C21H18Cl2N2O4S.C20H15Cl2FN2O4S/c1-13-10-15(6-7-18(13)24)32(29,30)27-19-11-14(23)12-26-20(19)21(28)16-4-2-3-5-17(16)22-25-8-9-31-22;1-12-5-4-6-18(29-3)19(12)21(26)20-17(10-14(22)11-24-20)25-30(27,28)15-7-8-16(23)13(2)9-15;1-3-29-19-7-5-4-6-16(19)21(26)20-18(11-14(22)12-24-20)25-30(27,28)15-8-9-17(23)13(2)10-15;1-11-8-13(6-7-14(11)22)30(27,28)25-16-9-12(21)10-24-19(16)20(26)18-15(23)4-3-5-17(18)29-2/h2-12,27H,1H3;4-11,25H,1-3H3;4-12,25H,3H2,1-2H3;3-10,25H,1-2H3. The molecule has 0 radical (unpaired) electrons. The van der Waals surface area contributed by atoms with E-state index < -0.39 is 69.0 Å². The summed E-state index contributed by atoms with van der Waals surface area (Å²) in [5.74, 6) is -2.25. The van der Waals surface area contributed by atoms with Crippen molar-refractivity contribution < 1.29 is 75.9 Å². The van der Waals surface area contributed by atoms with E-state index in [4.69, 9.17) is 111 Å². The van der Waals surface area contributed by atoms with Crippen LogP contribution in [0.25, 0.3) is 11.5 Å². The lowest BCUT2D eigenvalue weighted by Gasteiger charge is -2.15. The zero-order valence-corrected chi connectivity index (χ0v) is 74.1. The number of hydrogen-bond donors (Lipinski definition) is 4. The van der Waals surface area contributed by atoms with Gasteiger partial charge in [0.2, 0.25) is 29.0 Å². The van der Waals surface area contributed by atoms with Crippen LogP contribution in [0.4, 0.5) is 27.1 Å². The van der Waals surface area contributed by atoms with Crippen LogP contribution >= 0.6 is 92.8 Å². The molecule has 0 saturated heterocycles. The van der Waals surface area contributed by atoms with Crippen molar-refractivity contribution in [3.63, 3.8) is 0 Å². The molecule has 122 heavy (non-hydrogen) atoms. The van der Waals surface area contributed by atoms with Crippen LogP contribution in [0.1, 0.15) is 98.9 Å². The number of aryl methyl sites for hydroxylation is 5. The van der Waals surface area contributed by atoms with Crippen LogP contribution in [0.15, 0.2) is 243 Å². The highest BCUT2D eigenvalue weighted by molar-refractivity contribution is 7.93. The van der Waals surface area contributed by atoms with Crippen molar-refractivity contribution in [3.05, 3.63) is 338 Å². The van der Waals surface area contributed by atoms with Crippen LogP contribution < -0.4 is 33.1 Å². The van der Waals surface area contributed by atoms with Gasteiger partial charge in [-0.25, -0.2) is 63.0 Å². The lowest BCUT2D eigenvalue weighted by atomic mass is 10.0. The Morgan fingerprint density at radius 3 is 1.07 bits per heavy atom. The smallest absolute Gasteiger partial charge is 0.261 e. The topological polar surface area (TPSA) is 358 Å². The van der Waals surface area contributed by atoms with Crippen molar-refractivity contribution in [3.8, 4) is 28.7 Å². The molecule has 0 aliphatic carbocycles. The number of aromatic nitrogens is 5. The van der Waals surface area contributed by atoms with E-state index in [1.807, 2.05) is 0 Å². The largest absolute Gasteiger partial charge is 0.496 e. The molecule has 0 fully saturated rings. The van der Waals surface area contributed by atoms with E-state index in [1.54, 1.807) is 108 Å². The van der Waals surface area contributed by atoms with Crippen molar-refractivity contribution in [1.29, 1.82) is 0 Å². The highest BCUT2D eigenvalue weighted by Crippen LogP contribution is 2.37. The third-order valence-corrected chi connectivity index (χ3v) is 25.4. The summed E-state index contributed by atoms with van der Waals surface area (Å²) in [5, 5.41) is 2.32. The summed E-state index contributed by atoms with van der Waals surface area (Å²) < 4.78 is 148. The van der Waals surface area contributed by atoms with Crippen LogP contribution in [0.3, 0.4) is 0 Å². The number of nitrogens with one attached hydrogen (secondary N) is 4. The van der Waals surface area contributed by atoms with Crippen LogP contribution in [-0.4, -0.2) is 103 Å². The Morgan fingerprint density at radius 1 is 0.377 bits per heavy atom. The van der Waals surface area contributed by atoms with Crippen molar-refractivity contribution >= 4 is 179 Å². The van der Waals surface area contributed by atoms with Gasteiger partial charge < -0.3 is 18.6 Å². The summed E-state index contributed by atoms with van der Waals surface area (Å²) in [6.07, 6.45) is 7.85. The molecule has 0 amide bonds. The number of anilines is 4. The van der Waals surface area contributed by atoms with E-state index >= 15 is 0 Å². The van der Waals surface area contributed by atoms with Gasteiger partial charge in [-0.1, -0.05) is 141 Å². The Morgan fingerprint density at radius 2 is 0.705 bits per heavy atom. The quantitative estimate of drug-likeness (QED) is 0.0386. The van der Waals surface area contributed by atoms with Gasteiger partial charge in [0.15, 0.2) is 0 Å². The molecular weight excluding hydrogens is 1820 g/mol. The number of oxazole rings is 1. The number of para-hydroxylation sites is 1.